The lowest BCUT2D eigenvalue weighted by atomic mass is 9.99. The minimum Gasteiger partial charge on any atom is -0.396 e. The van der Waals surface area contributed by atoms with E-state index < -0.39 is 24.4 Å². The Bertz CT molecular complexity index is 765. The maximum atomic E-state index is 10.6. The molecule has 2 aromatic heterocycles. The van der Waals surface area contributed by atoms with E-state index in [2.05, 4.69) is 15.3 Å². The highest BCUT2D eigenvalue weighted by Crippen LogP contribution is 2.31. The van der Waals surface area contributed by atoms with Crippen LogP contribution in [0.4, 0.5) is 5.69 Å². The van der Waals surface area contributed by atoms with Crippen LogP contribution >= 0.6 is 11.6 Å². The molecule has 8 nitrogen and oxygen atoms in total. The molecule has 2 aromatic rings. The Morgan fingerprint density at radius 2 is 2.04 bits per heavy atom. The fourth-order valence-electron chi connectivity index (χ4n) is 3.59. The first-order valence-electron chi connectivity index (χ1n) is 9.25. The number of aliphatic hydroxyl groups excluding tert-OH is 3. The number of nitrogens with one attached hydrogen (secondary N) is 1. The average molecular weight is 399 g/mol. The zero-order valence-electron chi connectivity index (χ0n) is 15.5. The van der Waals surface area contributed by atoms with Crippen LogP contribution in [0.15, 0.2) is 12.4 Å². The van der Waals surface area contributed by atoms with E-state index in [1.165, 1.54) is 26.3 Å². The summed E-state index contributed by atoms with van der Waals surface area (Å²) in [7, 11) is 1.43. The molecule has 4 unspecified atom stereocenters. The third-order valence-electron chi connectivity index (χ3n) is 5.24. The number of aromatic nitrogens is 3. The van der Waals surface area contributed by atoms with Crippen LogP contribution in [0.3, 0.4) is 0 Å². The Balaban J connectivity index is 1.95. The Morgan fingerprint density at radius 3 is 2.67 bits per heavy atom. The van der Waals surface area contributed by atoms with Crippen molar-refractivity contribution in [3.8, 4) is 0 Å². The SMILES string of the molecule is COC(C(O)C(O)C(C)CO)n1cnc2c(NC3CCCC3)cc(Cl)nc21. The van der Waals surface area contributed by atoms with Crippen molar-refractivity contribution in [3.63, 3.8) is 0 Å². The highest BCUT2D eigenvalue weighted by Gasteiger charge is 2.32. The van der Waals surface area contributed by atoms with Crippen LogP contribution in [-0.2, 0) is 4.74 Å². The summed E-state index contributed by atoms with van der Waals surface area (Å²) in [6.45, 7) is 1.39. The number of pyridine rings is 1. The van der Waals surface area contributed by atoms with Gasteiger partial charge in [0.2, 0.25) is 0 Å². The first kappa shape index (κ1) is 20.3. The van der Waals surface area contributed by atoms with E-state index in [0.717, 1.165) is 18.5 Å². The summed E-state index contributed by atoms with van der Waals surface area (Å²) < 4.78 is 6.98. The van der Waals surface area contributed by atoms with E-state index in [-0.39, 0.29) is 6.61 Å². The number of aliphatic hydroxyl groups is 3. The van der Waals surface area contributed by atoms with Gasteiger partial charge in [-0.15, -0.1) is 0 Å². The first-order valence-corrected chi connectivity index (χ1v) is 9.63. The van der Waals surface area contributed by atoms with Gasteiger partial charge in [-0.3, -0.25) is 4.57 Å². The Labute approximate surface area is 163 Å². The van der Waals surface area contributed by atoms with Crippen molar-refractivity contribution < 1.29 is 20.1 Å². The van der Waals surface area contributed by atoms with Gasteiger partial charge in [0.15, 0.2) is 11.9 Å². The molecule has 1 saturated carbocycles. The summed E-state index contributed by atoms with van der Waals surface area (Å²) in [4.78, 5) is 8.78. The van der Waals surface area contributed by atoms with Crippen LogP contribution in [0.2, 0.25) is 5.15 Å². The predicted molar refractivity (Wildman–Crippen MR) is 103 cm³/mol. The van der Waals surface area contributed by atoms with Gasteiger partial charge in [0, 0.05) is 31.7 Å². The second-order valence-corrected chi connectivity index (χ2v) is 7.60. The van der Waals surface area contributed by atoms with Crippen LogP contribution in [0.5, 0.6) is 0 Å². The van der Waals surface area contributed by atoms with E-state index in [0.29, 0.717) is 22.4 Å². The molecule has 0 aromatic carbocycles. The molecule has 27 heavy (non-hydrogen) atoms. The minimum absolute atomic E-state index is 0.251. The van der Waals surface area contributed by atoms with Gasteiger partial charge in [-0.1, -0.05) is 31.4 Å². The van der Waals surface area contributed by atoms with E-state index >= 15 is 0 Å². The molecule has 1 aliphatic carbocycles. The molecular formula is C18H27ClN4O4. The quantitative estimate of drug-likeness (QED) is 0.502. The molecule has 0 saturated heterocycles. The van der Waals surface area contributed by atoms with Crippen molar-refractivity contribution in [1.82, 2.24) is 14.5 Å². The third-order valence-corrected chi connectivity index (χ3v) is 5.44. The highest BCUT2D eigenvalue weighted by atomic mass is 35.5. The minimum atomic E-state index is -1.28. The maximum Gasteiger partial charge on any atom is 0.165 e. The largest absolute Gasteiger partial charge is 0.396 e. The number of methoxy groups -OCH3 is 1. The van der Waals surface area contributed by atoms with Gasteiger partial charge < -0.3 is 25.4 Å². The fraction of sp³-hybridized carbons (Fsp3) is 0.667. The normalized spacial score (nSPS) is 19.9. The number of hydrogen-bond donors (Lipinski definition) is 4. The number of ether oxygens (including phenoxy) is 1. The Hall–Kier alpha value is -1.45. The average Bonchev–Trinajstić information content (AvgIpc) is 3.31. The van der Waals surface area contributed by atoms with Crippen molar-refractivity contribution in [2.75, 3.05) is 19.0 Å². The lowest BCUT2D eigenvalue weighted by Gasteiger charge is -2.29. The van der Waals surface area contributed by atoms with Gasteiger partial charge in [-0.05, 0) is 12.8 Å². The second-order valence-electron chi connectivity index (χ2n) is 7.21. The number of hydrogen-bond acceptors (Lipinski definition) is 7. The van der Waals surface area contributed by atoms with Gasteiger partial charge in [-0.25, -0.2) is 9.97 Å². The highest BCUT2D eigenvalue weighted by molar-refractivity contribution is 6.30. The maximum absolute atomic E-state index is 10.6. The van der Waals surface area contributed by atoms with E-state index in [4.69, 9.17) is 16.3 Å². The molecule has 0 bridgehead atoms. The van der Waals surface area contributed by atoms with Crippen LogP contribution in [0, 0.1) is 5.92 Å². The smallest absolute Gasteiger partial charge is 0.165 e. The second kappa shape index (κ2) is 8.70. The van der Waals surface area contributed by atoms with Crippen molar-refractivity contribution in [2.24, 2.45) is 5.92 Å². The Morgan fingerprint density at radius 1 is 1.33 bits per heavy atom. The number of anilines is 1. The summed E-state index contributed by atoms with van der Waals surface area (Å²) in [5.41, 5.74) is 1.88. The molecular weight excluding hydrogens is 372 g/mol. The van der Waals surface area contributed by atoms with Gasteiger partial charge in [-0.2, -0.15) is 0 Å². The number of rotatable bonds is 8. The van der Waals surface area contributed by atoms with E-state index in [1.807, 2.05) is 0 Å². The first-order chi connectivity index (χ1) is 13.0. The summed E-state index contributed by atoms with van der Waals surface area (Å²) in [6.07, 6.45) is 2.75. The molecule has 2 heterocycles. The van der Waals surface area contributed by atoms with Gasteiger partial charge >= 0.3 is 0 Å². The zero-order valence-corrected chi connectivity index (χ0v) is 16.3. The monoisotopic (exact) mass is 398 g/mol. The van der Waals surface area contributed by atoms with Crippen molar-refractivity contribution in [3.05, 3.63) is 17.5 Å². The number of fused-ring (bicyclic) bond motifs is 1. The summed E-state index contributed by atoms with van der Waals surface area (Å²) in [5, 5.41) is 33.9. The molecule has 0 radical (unpaired) electrons. The number of imidazole rings is 1. The van der Waals surface area contributed by atoms with Gasteiger partial charge in [0.1, 0.15) is 16.8 Å². The third kappa shape index (κ3) is 4.20. The zero-order chi connectivity index (χ0) is 19.6. The molecule has 9 heteroatoms. The standard InChI is InChI=1S/C18H27ClN4O4/c1-10(8-24)15(25)16(26)18(27-2)23-9-20-14-12(7-13(19)22-17(14)23)21-11-5-3-4-6-11/h7,9-11,15-16,18,24-26H,3-6,8H2,1-2H3,(H,21,22). The topological polar surface area (TPSA) is 113 Å². The molecule has 1 fully saturated rings. The Kier molecular flexibility index (Phi) is 6.54. The number of halogens is 1. The van der Waals surface area contributed by atoms with Gasteiger partial charge in [0.25, 0.3) is 0 Å². The molecule has 150 valence electrons. The lowest BCUT2D eigenvalue weighted by molar-refractivity contribution is -0.125. The molecule has 0 spiro atoms. The number of nitrogens with zero attached hydrogens (tertiary/aromatic N) is 3. The van der Waals surface area contributed by atoms with Gasteiger partial charge in [0.05, 0.1) is 18.1 Å². The van der Waals surface area contributed by atoms with Crippen LogP contribution in [0.25, 0.3) is 11.2 Å². The summed E-state index contributed by atoms with van der Waals surface area (Å²) >= 11 is 6.22. The predicted octanol–water partition coefficient (Wildman–Crippen LogP) is 1.93. The molecule has 1 aliphatic rings. The van der Waals surface area contributed by atoms with Crippen LogP contribution < -0.4 is 5.32 Å². The van der Waals surface area contributed by atoms with Crippen molar-refractivity contribution in [1.29, 1.82) is 0 Å². The molecule has 4 N–H and O–H groups in total. The van der Waals surface area contributed by atoms with Crippen molar-refractivity contribution >= 4 is 28.5 Å². The lowest BCUT2D eigenvalue weighted by Crippen LogP contribution is -2.40. The fourth-order valence-corrected chi connectivity index (χ4v) is 3.78. The molecule has 0 amide bonds. The summed E-state index contributed by atoms with van der Waals surface area (Å²) in [5.74, 6) is -0.511. The summed E-state index contributed by atoms with van der Waals surface area (Å²) in [6, 6.07) is 2.13. The molecule has 4 atom stereocenters. The van der Waals surface area contributed by atoms with E-state index in [9.17, 15) is 15.3 Å². The van der Waals surface area contributed by atoms with E-state index in [1.54, 1.807) is 17.6 Å². The van der Waals surface area contributed by atoms with Crippen molar-refractivity contribution in [2.45, 2.75) is 57.1 Å². The molecule has 0 aliphatic heterocycles. The molecule has 3 rings (SSSR count). The van der Waals surface area contributed by atoms with Crippen LogP contribution in [0.1, 0.15) is 38.8 Å². The van der Waals surface area contributed by atoms with Crippen LogP contribution in [-0.4, -0.2) is 61.8 Å².